The van der Waals surface area contributed by atoms with E-state index in [9.17, 15) is 9.18 Å². The van der Waals surface area contributed by atoms with Gasteiger partial charge in [0.05, 0.1) is 5.69 Å². The fourth-order valence-electron chi connectivity index (χ4n) is 2.10. The van der Waals surface area contributed by atoms with Gasteiger partial charge >= 0.3 is 5.97 Å². The minimum atomic E-state index is -1.10. The van der Waals surface area contributed by atoms with E-state index in [2.05, 4.69) is 15.4 Å². The number of carboxylic acid groups (broad SMARTS) is 1. The van der Waals surface area contributed by atoms with Crippen LogP contribution in [0.1, 0.15) is 27.5 Å². The second-order valence-corrected chi connectivity index (χ2v) is 4.85. The first-order valence-corrected chi connectivity index (χ1v) is 6.73. The van der Waals surface area contributed by atoms with Crippen LogP contribution in [-0.4, -0.2) is 26.4 Å². The number of carboxylic acids is 1. The molecule has 0 aliphatic heterocycles. The summed E-state index contributed by atoms with van der Waals surface area (Å²) in [5.74, 6) is -0.836. The van der Waals surface area contributed by atoms with Crippen molar-refractivity contribution in [2.75, 3.05) is 0 Å². The van der Waals surface area contributed by atoms with Gasteiger partial charge in [-0.1, -0.05) is 5.16 Å². The molecule has 116 valence electrons. The van der Waals surface area contributed by atoms with Crippen molar-refractivity contribution in [3.63, 3.8) is 0 Å². The van der Waals surface area contributed by atoms with Crippen molar-refractivity contribution >= 4 is 18.1 Å². The maximum Gasteiger partial charge on any atom is 0.356 e. The Balaban J connectivity index is 1.93. The van der Waals surface area contributed by atoms with Crippen LogP contribution in [0, 0.1) is 12.7 Å². The van der Waals surface area contributed by atoms with E-state index in [0.29, 0.717) is 17.1 Å². The highest BCUT2D eigenvalue weighted by Gasteiger charge is 2.13. The molecule has 0 fully saturated rings. The van der Waals surface area contributed by atoms with Crippen molar-refractivity contribution in [1.82, 2.24) is 15.4 Å². The summed E-state index contributed by atoms with van der Waals surface area (Å²) < 4.78 is 18.2. The largest absolute Gasteiger partial charge is 0.476 e. The van der Waals surface area contributed by atoms with Crippen LogP contribution in [0.25, 0.3) is 23.4 Å². The summed E-state index contributed by atoms with van der Waals surface area (Å²) in [6.07, 6.45) is 3.41. The van der Waals surface area contributed by atoms with Crippen LogP contribution in [0.2, 0.25) is 0 Å². The van der Waals surface area contributed by atoms with E-state index in [1.807, 2.05) is 0 Å². The third kappa shape index (κ3) is 3.03. The summed E-state index contributed by atoms with van der Waals surface area (Å²) in [7, 11) is 0. The normalized spacial score (nSPS) is 11.2. The Bertz CT molecular complexity index is 878. The number of nitrogens with zero attached hydrogens (tertiary/aromatic N) is 2. The van der Waals surface area contributed by atoms with Crippen LogP contribution < -0.4 is 0 Å². The highest BCUT2D eigenvalue weighted by Crippen LogP contribution is 2.27. The first kappa shape index (κ1) is 14.7. The molecule has 2 heterocycles. The minimum absolute atomic E-state index is 0.0644. The number of carbonyl (C=O) groups is 1. The highest BCUT2D eigenvalue weighted by molar-refractivity contribution is 5.86. The summed E-state index contributed by atoms with van der Waals surface area (Å²) in [6, 6.07) is 7.34. The zero-order chi connectivity index (χ0) is 16.4. The predicted molar refractivity (Wildman–Crippen MR) is 81.1 cm³/mol. The Morgan fingerprint density at radius 1 is 1.30 bits per heavy atom. The van der Waals surface area contributed by atoms with Crippen LogP contribution in [0.15, 0.2) is 34.9 Å². The van der Waals surface area contributed by atoms with E-state index in [1.54, 1.807) is 31.2 Å². The summed E-state index contributed by atoms with van der Waals surface area (Å²) in [4.78, 5) is 10.8. The van der Waals surface area contributed by atoms with Crippen molar-refractivity contribution in [3.8, 4) is 11.3 Å². The predicted octanol–water partition coefficient (Wildman–Crippen LogP) is 3.38. The summed E-state index contributed by atoms with van der Waals surface area (Å²) >= 11 is 0. The molecule has 0 amide bonds. The Kier molecular flexibility index (Phi) is 3.76. The second-order valence-electron chi connectivity index (χ2n) is 4.85. The lowest BCUT2D eigenvalue weighted by atomic mass is 10.1. The van der Waals surface area contributed by atoms with Gasteiger partial charge in [0.15, 0.2) is 5.69 Å². The molecule has 0 atom stereocenters. The SMILES string of the molecule is Cc1onc(-c2ccc(F)cc2)c1/C=C/c1cc(C(=O)O)n[nH]1. The number of rotatable bonds is 4. The topological polar surface area (TPSA) is 92.0 Å². The quantitative estimate of drug-likeness (QED) is 0.770. The number of hydrogen-bond acceptors (Lipinski definition) is 4. The maximum absolute atomic E-state index is 13.0. The van der Waals surface area contributed by atoms with Crippen molar-refractivity contribution in [1.29, 1.82) is 0 Å². The highest BCUT2D eigenvalue weighted by atomic mass is 19.1. The molecule has 7 heteroatoms. The molecule has 0 aliphatic rings. The fraction of sp³-hybridized carbons (Fsp3) is 0.0625. The number of nitrogens with one attached hydrogen (secondary N) is 1. The first-order chi connectivity index (χ1) is 11.0. The van der Waals surface area contributed by atoms with Gasteiger partial charge in [-0.05, 0) is 49.4 Å². The maximum atomic E-state index is 13.0. The van der Waals surface area contributed by atoms with Gasteiger partial charge in [0.1, 0.15) is 17.3 Å². The number of halogens is 1. The van der Waals surface area contributed by atoms with Crippen LogP contribution in [0.4, 0.5) is 4.39 Å². The molecule has 0 spiro atoms. The number of aryl methyl sites for hydroxylation is 1. The van der Waals surface area contributed by atoms with Crippen molar-refractivity contribution < 1.29 is 18.8 Å². The van der Waals surface area contributed by atoms with E-state index < -0.39 is 5.97 Å². The lowest BCUT2D eigenvalue weighted by molar-refractivity contribution is 0.0690. The van der Waals surface area contributed by atoms with Crippen LogP contribution in [0.5, 0.6) is 0 Å². The molecule has 0 radical (unpaired) electrons. The molecule has 2 N–H and O–H groups in total. The molecular formula is C16H12FN3O3. The molecular weight excluding hydrogens is 301 g/mol. The number of hydrogen-bond donors (Lipinski definition) is 2. The third-order valence-corrected chi connectivity index (χ3v) is 3.27. The zero-order valence-electron chi connectivity index (χ0n) is 12.1. The number of aromatic amines is 1. The molecule has 0 saturated heterocycles. The van der Waals surface area contributed by atoms with Crippen molar-refractivity contribution in [3.05, 3.63) is 58.9 Å². The van der Waals surface area contributed by atoms with Crippen LogP contribution in [-0.2, 0) is 0 Å². The molecule has 0 bridgehead atoms. The minimum Gasteiger partial charge on any atom is -0.476 e. The van der Waals surface area contributed by atoms with Gasteiger partial charge in [-0.3, -0.25) is 5.10 Å². The fourth-order valence-corrected chi connectivity index (χ4v) is 2.10. The molecule has 3 aromatic rings. The second kappa shape index (κ2) is 5.88. The summed E-state index contributed by atoms with van der Waals surface area (Å²) in [6.45, 7) is 1.76. The molecule has 1 aromatic carbocycles. The first-order valence-electron chi connectivity index (χ1n) is 6.73. The van der Waals surface area contributed by atoms with E-state index in [0.717, 1.165) is 11.1 Å². The van der Waals surface area contributed by atoms with Gasteiger partial charge in [-0.15, -0.1) is 0 Å². The number of H-pyrrole nitrogens is 1. The van der Waals surface area contributed by atoms with Gasteiger partial charge < -0.3 is 9.63 Å². The smallest absolute Gasteiger partial charge is 0.356 e. The Labute approximate surface area is 130 Å². The van der Waals surface area contributed by atoms with Crippen LogP contribution in [0.3, 0.4) is 0 Å². The molecule has 6 nitrogen and oxygen atoms in total. The lowest BCUT2D eigenvalue weighted by Crippen LogP contribution is -1.95. The molecule has 23 heavy (non-hydrogen) atoms. The molecule has 2 aromatic heterocycles. The standard InChI is InChI=1S/C16H12FN3O3/c1-9-13(7-6-12-8-14(16(21)22)19-18-12)15(20-23-9)10-2-4-11(17)5-3-10/h2-8H,1H3,(H,18,19)(H,21,22)/b7-6+. The van der Waals surface area contributed by atoms with Crippen molar-refractivity contribution in [2.45, 2.75) is 6.92 Å². The van der Waals surface area contributed by atoms with Gasteiger partial charge in [0.25, 0.3) is 0 Å². The molecule has 3 rings (SSSR count). The van der Waals surface area contributed by atoms with E-state index in [1.165, 1.54) is 18.2 Å². The van der Waals surface area contributed by atoms with E-state index >= 15 is 0 Å². The van der Waals surface area contributed by atoms with Gasteiger partial charge in [0, 0.05) is 11.1 Å². The Hall–Kier alpha value is -3.22. The average molecular weight is 313 g/mol. The molecule has 0 unspecified atom stereocenters. The summed E-state index contributed by atoms with van der Waals surface area (Å²) in [5, 5.41) is 19.1. The van der Waals surface area contributed by atoms with E-state index in [4.69, 9.17) is 9.63 Å². The van der Waals surface area contributed by atoms with Gasteiger partial charge in [-0.2, -0.15) is 5.10 Å². The molecule has 0 saturated carbocycles. The van der Waals surface area contributed by atoms with E-state index in [-0.39, 0.29) is 11.5 Å². The van der Waals surface area contributed by atoms with Gasteiger partial charge in [-0.25, -0.2) is 9.18 Å². The third-order valence-electron chi connectivity index (χ3n) is 3.27. The Morgan fingerprint density at radius 2 is 2.04 bits per heavy atom. The zero-order valence-corrected chi connectivity index (χ0v) is 12.1. The van der Waals surface area contributed by atoms with Crippen LogP contribution >= 0.6 is 0 Å². The number of benzene rings is 1. The lowest BCUT2D eigenvalue weighted by Gasteiger charge is -1.98. The van der Waals surface area contributed by atoms with Gasteiger partial charge in [0.2, 0.25) is 0 Å². The number of aromatic nitrogens is 3. The monoisotopic (exact) mass is 313 g/mol. The van der Waals surface area contributed by atoms with Crippen molar-refractivity contribution in [2.24, 2.45) is 0 Å². The summed E-state index contributed by atoms with van der Waals surface area (Å²) in [5.41, 5.74) is 2.50. The molecule has 0 aliphatic carbocycles. The Morgan fingerprint density at radius 3 is 2.70 bits per heavy atom. The average Bonchev–Trinajstić information content (AvgIpc) is 3.13. The number of aromatic carboxylic acids is 1.